The van der Waals surface area contributed by atoms with Gasteiger partial charge in [-0.2, -0.15) is 11.8 Å². The maximum Gasteiger partial charge on any atom is 0.0208 e. The highest BCUT2D eigenvalue weighted by Gasteiger charge is 2.04. The average Bonchev–Trinajstić information content (AvgIpc) is 2.31. The molecule has 1 aromatic rings. The van der Waals surface area contributed by atoms with Gasteiger partial charge in [0.15, 0.2) is 0 Å². The normalized spacial score (nSPS) is 12.7. The molecule has 0 aromatic heterocycles. The molecule has 3 N–H and O–H groups in total. The molecular weight excluding hydrogens is 204 g/mol. The maximum atomic E-state index is 5.71. The van der Waals surface area contributed by atoms with Crippen LogP contribution in [0.25, 0.3) is 0 Å². The van der Waals surface area contributed by atoms with Gasteiger partial charge in [-0.15, -0.1) is 0 Å². The van der Waals surface area contributed by atoms with Crippen molar-refractivity contribution in [2.45, 2.75) is 19.0 Å². The molecule has 0 bridgehead atoms. The van der Waals surface area contributed by atoms with Crippen LogP contribution < -0.4 is 11.1 Å². The third-order valence-corrected chi connectivity index (χ3v) is 3.04. The van der Waals surface area contributed by atoms with E-state index in [0.29, 0.717) is 12.6 Å². The summed E-state index contributed by atoms with van der Waals surface area (Å²) in [5.74, 6) is 1.17. The predicted octanol–water partition coefficient (Wildman–Crippen LogP) is 1.86. The lowest BCUT2D eigenvalue weighted by atomic mass is 10.2. The van der Waals surface area contributed by atoms with E-state index in [1.807, 2.05) is 17.8 Å². The second-order valence-electron chi connectivity index (χ2n) is 3.58. The number of hydrogen-bond donors (Lipinski definition) is 2. The standard InChI is InChI=1S/C12H20N2S/c1-15-8-7-12(9-13)14-10-11-5-3-2-4-6-11/h2-6,12,14H,7-10,13H2,1H3. The summed E-state index contributed by atoms with van der Waals surface area (Å²) < 4.78 is 0. The van der Waals surface area contributed by atoms with E-state index in [-0.39, 0.29) is 0 Å². The van der Waals surface area contributed by atoms with E-state index in [9.17, 15) is 0 Å². The molecule has 2 nitrogen and oxygen atoms in total. The Hall–Kier alpha value is -0.510. The van der Waals surface area contributed by atoms with E-state index in [4.69, 9.17) is 5.73 Å². The first-order valence-electron chi connectivity index (χ1n) is 5.33. The summed E-state index contributed by atoms with van der Waals surface area (Å²) >= 11 is 1.87. The molecule has 15 heavy (non-hydrogen) atoms. The van der Waals surface area contributed by atoms with Gasteiger partial charge in [0.1, 0.15) is 0 Å². The highest BCUT2D eigenvalue weighted by atomic mass is 32.2. The number of hydrogen-bond acceptors (Lipinski definition) is 3. The van der Waals surface area contributed by atoms with Crippen molar-refractivity contribution in [2.75, 3.05) is 18.6 Å². The van der Waals surface area contributed by atoms with Crippen molar-refractivity contribution in [3.63, 3.8) is 0 Å². The number of benzene rings is 1. The largest absolute Gasteiger partial charge is 0.329 e. The second-order valence-corrected chi connectivity index (χ2v) is 4.57. The Kier molecular flexibility index (Phi) is 6.48. The van der Waals surface area contributed by atoms with Gasteiger partial charge in [0.25, 0.3) is 0 Å². The molecule has 0 saturated carbocycles. The van der Waals surface area contributed by atoms with Crippen LogP contribution in [0.5, 0.6) is 0 Å². The molecule has 1 unspecified atom stereocenters. The molecule has 84 valence electrons. The highest BCUT2D eigenvalue weighted by Crippen LogP contribution is 2.02. The summed E-state index contributed by atoms with van der Waals surface area (Å²) in [5.41, 5.74) is 7.03. The lowest BCUT2D eigenvalue weighted by Crippen LogP contribution is -2.36. The summed E-state index contributed by atoms with van der Waals surface area (Å²) in [6.45, 7) is 1.63. The molecule has 0 aliphatic heterocycles. The molecule has 0 aliphatic rings. The van der Waals surface area contributed by atoms with Gasteiger partial charge in [-0.3, -0.25) is 0 Å². The van der Waals surface area contributed by atoms with Crippen molar-refractivity contribution in [2.24, 2.45) is 5.73 Å². The zero-order valence-corrected chi connectivity index (χ0v) is 10.1. The Morgan fingerprint density at radius 3 is 2.67 bits per heavy atom. The molecule has 0 saturated heterocycles. The van der Waals surface area contributed by atoms with Crippen LogP contribution in [0.1, 0.15) is 12.0 Å². The minimum atomic E-state index is 0.442. The smallest absolute Gasteiger partial charge is 0.0208 e. The third-order valence-electron chi connectivity index (χ3n) is 2.39. The molecule has 0 fully saturated rings. The fraction of sp³-hybridized carbons (Fsp3) is 0.500. The van der Waals surface area contributed by atoms with E-state index in [1.165, 1.54) is 11.3 Å². The van der Waals surface area contributed by atoms with Crippen LogP contribution in [0.2, 0.25) is 0 Å². The van der Waals surface area contributed by atoms with Crippen LogP contribution in [-0.2, 0) is 6.54 Å². The molecule has 0 aliphatic carbocycles. The Bertz CT molecular complexity index is 251. The van der Waals surface area contributed by atoms with Crippen molar-refractivity contribution >= 4 is 11.8 Å². The summed E-state index contributed by atoms with van der Waals surface area (Å²) in [6, 6.07) is 10.9. The van der Waals surface area contributed by atoms with Gasteiger partial charge < -0.3 is 11.1 Å². The van der Waals surface area contributed by atoms with Crippen molar-refractivity contribution in [1.82, 2.24) is 5.32 Å². The third kappa shape index (κ3) is 5.21. The number of rotatable bonds is 7. The van der Waals surface area contributed by atoms with E-state index in [2.05, 4.69) is 35.8 Å². The van der Waals surface area contributed by atoms with Crippen LogP contribution in [0.15, 0.2) is 30.3 Å². The molecule has 1 aromatic carbocycles. The van der Waals surface area contributed by atoms with Crippen LogP contribution in [0.3, 0.4) is 0 Å². The van der Waals surface area contributed by atoms with Crippen LogP contribution >= 0.6 is 11.8 Å². The lowest BCUT2D eigenvalue weighted by Gasteiger charge is -2.16. The summed E-state index contributed by atoms with van der Waals surface area (Å²) in [6.07, 6.45) is 3.27. The van der Waals surface area contributed by atoms with Crippen molar-refractivity contribution < 1.29 is 0 Å². The average molecular weight is 224 g/mol. The summed E-state index contributed by atoms with van der Waals surface area (Å²) in [7, 11) is 0. The number of nitrogens with two attached hydrogens (primary N) is 1. The first-order valence-corrected chi connectivity index (χ1v) is 6.72. The molecule has 0 amide bonds. The quantitative estimate of drug-likeness (QED) is 0.742. The Morgan fingerprint density at radius 1 is 1.33 bits per heavy atom. The van der Waals surface area contributed by atoms with Crippen LogP contribution in [0, 0.1) is 0 Å². The van der Waals surface area contributed by atoms with Crippen molar-refractivity contribution in [3.05, 3.63) is 35.9 Å². The molecule has 0 radical (unpaired) electrons. The molecule has 3 heteroatoms. The van der Waals surface area contributed by atoms with Gasteiger partial charge in [-0.05, 0) is 24.0 Å². The fourth-order valence-electron chi connectivity index (χ4n) is 1.42. The van der Waals surface area contributed by atoms with Gasteiger partial charge in [0.2, 0.25) is 0 Å². The second kappa shape index (κ2) is 7.74. The van der Waals surface area contributed by atoms with Crippen LogP contribution in [-0.4, -0.2) is 24.6 Å². The fourth-order valence-corrected chi connectivity index (χ4v) is 1.94. The minimum Gasteiger partial charge on any atom is -0.329 e. The molecule has 0 spiro atoms. The zero-order chi connectivity index (χ0) is 10.9. The number of thioether (sulfide) groups is 1. The van der Waals surface area contributed by atoms with Gasteiger partial charge in [0, 0.05) is 19.1 Å². The predicted molar refractivity (Wildman–Crippen MR) is 69.1 cm³/mol. The molecule has 1 atom stereocenters. The van der Waals surface area contributed by atoms with Gasteiger partial charge in [-0.1, -0.05) is 30.3 Å². The Balaban J connectivity index is 2.28. The minimum absolute atomic E-state index is 0.442. The number of nitrogens with one attached hydrogen (secondary N) is 1. The van der Waals surface area contributed by atoms with Crippen molar-refractivity contribution in [3.8, 4) is 0 Å². The first-order chi connectivity index (χ1) is 7.36. The lowest BCUT2D eigenvalue weighted by molar-refractivity contribution is 0.508. The van der Waals surface area contributed by atoms with Gasteiger partial charge in [0.05, 0.1) is 0 Å². The van der Waals surface area contributed by atoms with E-state index >= 15 is 0 Å². The van der Waals surface area contributed by atoms with E-state index < -0.39 is 0 Å². The summed E-state index contributed by atoms with van der Waals surface area (Å²) in [5, 5.41) is 3.48. The molecular formula is C12H20N2S. The maximum absolute atomic E-state index is 5.71. The summed E-state index contributed by atoms with van der Waals surface area (Å²) in [4.78, 5) is 0. The molecule has 0 heterocycles. The van der Waals surface area contributed by atoms with Gasteiger partial charge in [-0.25, -0.2) is 0 Å². The van der Waals surface area contributed by atoms with Gasteiger partial charge >= 0.3 is 0 Å². The SMILES string of the molecule is CSCCC(CN)NCc1ccccc1. The Morgan fingerprint density at radius 2 is 2.07 bits per heavy atom. The monoisotopic (exact) mass is 224 g/mol. The van der Waals surface area contributed by atoms with E-state index in [1.54, 1.807) is 0 Å². The van der Waals surface area contributed by atoms with E-state index in [0.717, 1.165) is 13.0 Å². The van der Waals surface area contributed by atoms with Crippen molar-refractivity contribution in [1.29, 1.82) is 0 Å². The first kappa shape index (κ1) is 12.6. The van der Waals surface area contributed by atoms with Crippen LogP contribution in [0.4, 0.5) is 0 Å². The Labute approximate surface area is 96.6 Å². The zero-order valence-electron chi connectivity index (χ0n) is 9.28. The highest BCUT2D eigenvalue weighted by molar-refractivity contribution is 7.98. The topological polar surface area (TPSA) is 38.0 Å². The molecule has 1 rings (SSSR count).